The Morgan fingerprint density at radius 2 is 2.15 bits per heavy atom. The van der Waals surface area contributed by atoms with Crippen molar-refractivity contribution in [2.75, 3.05) is 32.9 Å². The average Bonchev–Trinajstić information content (AvgIpc) is 2.45. The maximum atomic E-state index is 12.1. The van der Waals surface area contributed by atoms with E-state index in [4.69, 9.17) is 15.2 Å². The highest BCUT2D eigenvalue weighted by atomic mass is 16.5. The first kappa shape index (κ1) is 14.8. The standard InChI is InChI=1S/C15H22N2O3/c1-11-3-4-13(12(2)16)14(9-11)20-10-15(18)17-5-7-19-8-6-17/h3-4,9,12H,5-8,10,16H2,1-2H3/t12-/m0/s1. The molecule has 0 spiro atoms. The maximum absolute atomic E-state index is 12.1. The molecule has 0 bridgehead atoms. The Hall–Kier alpha value is -1.59. The van der Waals surface area contributed by atoms with E-state index in [2.05, 4.69) is 0 Å². The summed E-state index contributed by atoms with van der Waals surface area (Å²) in [6.45, 7) is 6.40. The summed E-state index contributed by atoms with van der Waals surface area (Å²) in [6, 6.07) is 5.75. The van der Waals surface area contributed by atoms with Crippen LogP contribution in [-0.2, 0) is 9.53 Å². The quantitative estimate of drug-likeness (QED) is 0.900. The lowest BCUT2D eigenvalue weighted by Gasteiger charge is -2.27. The summed E-state index contributed by atoms with van der Waals surface area (Å²) in [4.78, 5) is 13.8. The number of ether oxygens (including phenoxy) is 2. The summed E-state index contributed by atoms with van der Waals surface area (Å²) in [5.74, 6) is 0.687. The topological polar surface area (TPSA) is 64.8 Å². The van der Waals surface area contributed by atoms with Gasteiger partial charge in [0.1, 0.15) is 5.75 Å². The van der Waals surface area contributed by atoms with Crippen LogP contribution in [0.1, 0.15) is 24.1 Å². The Balaban J connectivity index is 1.99. The van der Waals surface area contributed by atoms with E-state index in [1.54, 1.807) is 4.90 Å². The second-order valence-corrected chi connectivity index (χ2v) is 5.11. The van der Waals surface area contributed by atoms with Gasteiger partial charge < -0.3 is 20.1 Å². The maximum Gasteiger partial charge on any atom is 0.260 e. The van der Waals surface area contributed by atoms with Crippen molar-refractivity contribution in [1.29, 1.82) is 0 Å². The van der Waals surface area contributed by atoms with Crippen molar-refractivity contribution in [3.63, 3.8) is 0 Å². The van der Waals surface area contributed by atoms with E-state index in [0.717, 1.165) is 11.1 Å². The summed E-state index contributed by atoms with van der Waals surface area (Å²) >= 11 is 0. The number of nitrogens with zero attached hydrogens (tertiary/aromatic N) is 1. The first-order valence-electron chi connectivity index (χ1n) is 6.92. The zero-order valence-electron chi connectivity index (χ0n) is 12.1. The molecule has 5 heteroatoms. The zero-order chi connectivity index (χ0) is 14.5. The molecule has 1 saturated heterocycles. The number of hydrogen-bond donors (Lipinski definition) is 1. The molecular weight excluding hydrogens is 256 g/mol. The molecule has 1 heterocycles. The van der Waals surface area contributed by atoms with Crippen molar-refractivity contribution >= 4 is 5.91 Å². The van der Waals surface area contributed by atoms with Crippen LogP contribution in [0, 0.1) is 6.92 Å². The third-order valence-corrected chi connectivity index (χ3v) is 3.37. The van der Waals surface area contributed by atoms with Gasteiger partial charge in [0, 0.05) is 24.7 Å². The number of amides is 1. The number of rotatable bonds is 4. The molecule has 110 valence electrons. The van der Waals surface area contributed by atoms with Gasteiger partial charge in [0.2, 0.25) is 0 Å². The molecule has 0 radical (unpaired) electrons. The molecular formula is C15H22N2O3. The van der Waals surface area contributed by atoms with E-state index in [1.165, 1.54) is 0 Å². The predicted molar refractivity (Wildman–Crippen MR) is 76.7 cm³/mol. The Morgan fingerprint density at radius 3 is 2.80 bits per heavy atom. The molecule has 1 aromatic carbocycles. The Kier molecular flexibility index (Phi) is 4.98. The van der Waals surface area contributed by atoms with E-state index in [0.29, 0.717) is 32.1 Å². The second kappa shape index (κ2) is 6.72. The Bertz CT molecular complexity index is 468. The Labute approximate surface area is 119 Å². The summed E-state index contributed by atoms with van der Waals surface area (Å²) in [5, 5.41) is 0. The molecule has 0 unspecified atom stereocenters. The largest absolute Gasteiger partial charge is 0.483 e. The van der Waals surface area contributed by atoms with Gasteiger partial charge in [-0.05, 0) is 25.5 Å². The van der Waals surface area contributed by atoms with Crippen LogP contribution in [-0.4, -0.2) is 43.7 Å². The smallest absolute Gasteiger partial charge is 0.260 e. The molecule has 20 heavy (non-hydrogen) atoms. The summed E-state index contributed by atoms with van der Waals surface area (Å²) < 4.78 is 10.9. The van der Waals surface area contributed by atoms with Crippen LogP contribution in [0.3, 0.4) is 0 Å². The lowest BCUT2D eigenvalue weighted by atomic mass is 10.1. The molecule has 1 aromatic rings. The highest BCUT2D eigenvalue weighted by Crippen LogP contribution is 2.25. The first-order valence-corrected chi connectivity index (χ1v) is 6.92. The number of aryl methyl sites for hydroxylation is 1. The monoisotopic (exact) mass is 278 g/mol. The minimum atomic E-state index is -0.121. The van der Waals surface area contributed by atoms with Crippen LogP contribution in [0.5, 0.6) is 5.75 Å². The highest BCUT2D eigenvalue weighted by Gasteiger charge is 2.18. The summed E-state index contributed by atoms with van der Waals surface area (Å²) in [7, 11) is 0. The van der Waals surface area contributed by atoms with Crippen molar-refractivity contribution in [3.05, 3.63) is 29.3 Å². The van der Waals surface area contributed by atoms with Crippen LogP contribution >= 0.6 is 0 Å². The van der Waals surface area contributed by atoms with Gasteiger partial charge in [-0.2, -0.15) is 0 Å². The lowest BCUT2D eigenvalue weighted by Crippen LogP contribution is -2.43. The van der Waals surface area contributed by atoms with E-state index in [-0.39, 0.29) is 18.6 Å². The predicted octanol–water partition coefficient (Wildman–Crippen LogP) is 1.25. The van der Waals surface area contributed by atoms with E-state index >= 15 is 0 Å². The number of carbonyl (C=O) groups is 1. The molecule has 1 aliphatic rings. The third-order valence-electron chi connectivity index (χ3n) is 3.37. The van der Waals surface area contributed by atoms with Crippen molar-refractivity contribution in [3.8, 4) is 5.75 Å². The molecule has 1 aliphatic heterocycles. The molecule has 1 fully saturated rings. The van der Waals surface area contributed by atoms with Crippen LogP contribution < -0.4 is 10.5 Å². The fourth-order valence-electron chi connectivity index (χ4n) is 2.19. The lowest BCUT2D eigenvalue weighted by molar-refractivity contribution is -0.137. The van der Waals surface area contributed by atoms with E-state index in [1.807, 2.05) is 32.0 Å². The number of morpholine rings is 1. The molecule has 1 amide bonds. The molecule has 2 rings (SSSR count). The van der Waals surface area contributed by atoms with Gasteiger partial charge in [0.05, 0.1) is 13.2 Å². The Morgan fingerprint density at radius 1 is 1.45 bits per heavy atom. The third kappa shape index (κ3) is 3.71. The van der Waals surface area contributed by atoms with Crippen LogP contribution in [0.25, 0.3) is 0 Å². The van der Waals surface area contributed by atoms with Crippen molar-refractivity contribution in [2.45, 2.75) is 19.9 Å². The normalized spacial score (nSPS) is 16.9. The second-order valence-electron chi connectivity index (χ2n) is 5.11. The van der Waals surface area contributed by atoms with Crippen LogP contribution in [0.4, 0.5) is 0 Å². The van der Waals surface area contributed by atoms with Crippen molar-refractivity contribution in [2.24, 2.45) is 5.73 Å². The molecule has 2 N–H and O–H groups in total. The molecule has 5 nitrogen and oxygen atoms in total. The number of hydrogen-bond acceptors (Lipinski definition) is 4. The van der Waals surface area contributed by atoms with Gasteiger partial charge in [0.15, 0.2) is 6.61 Å². The van der Waals surface area contributed by atoms with Crippen molar-refractivity contribution in [1.82, 2.24) is 4.90 Å². The van der Waals surface area contributed by atoms with Gasteiger partial charge in [-0.25, -0.2) is 0 Å². The number of carbonyl (C=O) groups excluding carboxylic acids is 1. The minimum Gasteiger partial charge on any atom is -0.483 e. The molecule has 0 aromatic heterocycles. The minimum absolute atomic E-state index is 0.00886. The number of benzene rings is 1. The fourth-order valence-corrected chi connectivity index (χ4v) is 2.19. The van der Waals surface area contributed by atoms with Crippen LogP contribution in [0.2, 0.25) is 0 Å². The SMILES string of the molecule is Cc1ccc([C@H](C)N)c(OCC(=O)N2CCOCC2)c1. The number of nitrogens with two attached hydrogens (primary N) is 1. The van der Waals surface area contributed by atoms with Gasteiger partial charge >= 0.3 is 0 Å². The summed E-state index contributed by atoms with van der Waals surface area (Å²) in [5.41, 5.74) is 7.93. The van der Waals surface area contributed by atoms with Crippen molar-refractivity contribution < 1.29 is 14.3 Å². The first-order chi connectivity index (χ1) is 9.58. The van der Waals surface area contributed by atoms with Crippen LogP contribution in [0.15, 0.2) is 18.2 Å². The van der Waals surface area contributed by atoms with Gasteiger partial charge in [0.25, 0.3) is 5.91 Å². The van der Waals surface area contributed by atoms with E-state index in [9.17, 15) is 4.79 Å². The van der Waals surface area contributed by atoms with Gasteiger partial charge in [-0.15, -0.1) is 0 Å². The highest BCUT2D eigenvalue weighted by molar-refractivity contribution is 5.77. The average molecular weight is 278 g/mol. The zero-order valence-corrected chi connectivity index (χ0v) is 12.1. The molecule has 0 saturated carbocycles. The fraction of sp³-hybridized carbons (Fsp3) is 0.533. The van der Waals surface area contributed by atoms with Gasteiger partial charge in [-0.3, -0.25) is 4.79 Å². The summed E-state index contributed by atoms with van der Waals surface area (Å²) in [6.07, 6.45) is 0. The van der Waals surface area contributed by atoms with E-state index < -0.39 is 0 Å². The molecule has 0 aliphatic carbocycles. The molecule has 1 atom stereocenters. The van der Waals surface area contributed by atoms with Gasteiger partial charge in [-0.1, -0.05) is 12.1 Å².